The molecule has 0 bridgehead atoms. The van der Waals surface area contributed by atoms with Crippen molar-refractivity contribution in [3.63, 3.8) is 0 Å². The monoisotopic (exact) mass is 1230 g/mol. The minimum atomic E-state index is -5.21. The summed E-state index contributed by atoms with van der Waals surface area (Å²) < 4.78 is 93.2. The zero-order valence-electron chi connectivity index (χ0n) is 45.2. The third-order valence-electron chi connectivity index (χ3n) is 10.8. The van der Waals surface area contributed by atoms with Crippen LogP contribution in [0.1, 0.15) is 38.8 Å². The Hall–Kier alpha value is -4.76. The van der Waals surface area contributed by atoms with Gasteiger partial charge in [0.05, 0.1) is 75.9 Å². The van der Waals surface area contributed by atoms with Crippen LogP contribution in [-0.2, 0) is 39.2 Å². The number of rotatable bonds is 30. The van der Waals surface area contributed by atoms with Crippen LogP contribution in [0.4, 0.5) is 58.4 Å². The summed E-state index contributed by atoms with van der Waals surface area (Å²) in [5.74, 6) is -1.40. The van der Waals surface area contributed by atoms with Crippen molar-refractivity contribution < 1.29 is 134 Å². The fraction of sp³-hybridized carbons (Fsp3) is 0.333. The Balaban J connectivity index is 0.00000722. The molecule has 0 spiro atoms. The van der Waals surface area contributed by atoms with Gasteiger partial charge in [-0.05, 0) is 112 Å². The minimum absolute atomic E-state index is 0. The van der Waals surface area contributed by atoms with Gasteiger partial charge in [0.1, 0.15) is 10.1 Å². The second-order valence-corrected chi connectivity index (χ2v) is 24.2. The minimum Gasteiger partial charge on any atom is -0.744 e. The van der Waals surface area contributed by atoms with E-state index in [9.17, 15) is 65.7 Å². The smallest absolute Gasteiger partial charge is 0.744 e. The number of benzene rings is 4. The molecule has 0 aliphatic heterocycles. The normalized spacial score (nSPS) is 13.3. The van der Waals surface area contributed by atoms with Crippen LogP contribution >= 0.6 is 12.0 Å². The van der Waals surface area contributed by atoms with E-state index in [-0.39, 0.29) is 147 Å². The summed E-state index contributed by atoms with van der Waals surface area (Å²) in [6.07, 6.45) is -0.880. The van der Waals surface area contributed by atoms with E-state index in [0.29, 0.717) is 34.7 Å². The summed E-state index contributed by atoms with van der Waals surface area (Å²) in [7, 11) is -12.7. The van der Waals surface area contributed by atoms with Gasteiger partial charge in [-0.1, -0.05) is 24.3 Å². The van der Waals surface area contributed by atoms with Crippen molar-refractivity contribution in [3.8, 4) is 0 Å². The van der Waals surface area contributed by atoms with Crippen LogP contribution in [0.2, 0.25) is 0 Å². The number of hydrogen-bond acceptors (Lipinski definition) is 29. The van der Waals surface area contributed by atoms with Crippen molar-refractivity contribution in [1.29, 1.82) is 0 Å². The Bertz CT molecular complexity index is 3410. The predicted octanol–water partition coefficient (Wildman–Crippen LogP) is -3.99. The molecule has 10 N–H and O–H groups in total. The van der Waals surface area contributed by atoms with Gasteiger partial charge in [0.15, 0.2) is 19.7 Å². The zero-order chi connectivity index (χ0) is 58.4. The number of nitrogens with one attached hydrogen (secondary N) is 4. The number of hydrogen-bond donors (Lipinski definition) is 10. The molecule has 4 unspecified atom stereocenters. The summed E-state index contributed by atoms with van der Waals surface area (Å²) in [5, 5.41) is 86.1. The number of aromatic nitrogens is 6. The van der Waals surface area contributed by atoms with E-state index in [1.807, 2.05) is 0 Å². The quantitative estimate of drug-likeness (QED) is 0.00513. The summed E-state index contributed by atoms with van der Waals surface area (Å²) in [5.41, 5.74) is 1.24. The van der Waals surface area contributed by atoms with E-state index in [4.69, 9.17) is 0 Å². The van der Waals surface area contributed by atoms with E-state index < -0.39 is 83.8 Å². The molecule has 0 aliphatic rings. The average Bonchev–Trinajstić information content (AvgIpc) is 3.53. The number of anilines is 10. The molecule has 0 saturated heterocycles. The van der Waals surface area contributed by atoms with Crippen molar-refractivity contribution in [1.82, 2.24) is 29.9 Å². The second-order valence-electron chi connectivity index (χ2n) is 17.9. The van der Waals surface area contributed by atoms with Crippen LogP contribution in [0.15, 0.2) is 105 Å². The van der Waals surface area contributed by atoms with E-state index in [2.05, 4.69) is 60.5 Å². The molecule has 432 valence electrons. The maximum atomic E-state index is 12.9. The molecule has 0 saturated carbocycles. The van der Waals surface area contributed by atoms with Crippen molar-refractivity contribution in [2.24, 2.45) is 0 Å². The Labute approximate surface area is 521 Å². The van der Waals surface area contributed by atoms with Gasteiger partial charge in [-0.3, -0.25) is 5.04 Å². The van der Waals surface area contributed by atoms with Crippen LogP contribution < -0.4 is 95.4 Å². The van der Waals surface area contributed by atoms with Crippen LogP contribution in [0.25, 0.3) is 12.2 Å². The molecule has 0 aliphatic carbocycles. The van der Waals surface area contributed by atoms with E-state index in [1.165, 1.54) is 122 Å². The average molecular weight is 1230 g/mol. The molecular weight excluding hydrogens is 1170 g/mol. The fourth-order valence-electron chi connectivity index (χ4n) is 7.49. The van der Waals surface area contributed by atoms with Crippen LogP contribution in [0.5, 0.6) is 0 Å². The SMILES string of the molecule is CC(O)CN(CC(C)O)c1nc(Nc2ccc(S(=O)(=O)CCO)cc2)nc(Nc2ccc(/C=C/c3ccc(Nc4nc(Nc5ccc(S(=O)(=O)CCO)cc5)nc(N(CC(C)O)CC(C)O)n4)cc3S(=O)(=O)[O-])c(SOO[O-])c2)n1.[Na+].[Na+]. The molecule has 82 heavy (non-hydrogen) atoms. The molecule has 2 heterocycles. The Morgan fingerprint density at radius 1 is 0.537 bits per heavy atom. The third-order valence-corrected chi connectivity index (χ3v) is 15.8. The Kier molecular flexibility index (Phi) is 27.2. The van der Waals surface area contributed by atoms with Crippen LogP contribution in [-0.4, -0.2) is 166 Å². The standard InChI is InChI=1S/C48H60N12O16S4.2Na/c1-29(63)25-59(26-30(2)64)47-55-43(49-35-11-15-39(16-12-35)78(68,69)21-19-61)53-45(57-47)51-37-9-7-33(41(23-37)77-76-75-67)5-6-34-8-10-38(24-42(34)80(72,73)74)52-46-54-44(56-48(58-46)60(27-31(3)65)28-32(4)66)50-36-13-17-40(18-14-36)79(70,71)22-20-62;;/h5-18,23-24,29-32,61-67H,19-22,25-28H2,1-4H3,(H,72,73,74)(H2,49,51,53,55,57)(H2,50,52,54,56,58);;/q;2*+1/p-2/b6-5+;;. The van der Waals surface area contributed by atoms with Crippen molar-refractivity contribution in [3.05, 3.63) is 96.1 Å². The van der Waals surface area contributed by atoms with E-state index in [1.54, 1.807) is 6.07 Å². The third kappa shape index (κ3) is 21.1. The van der Waals surface area contributed by atoms with Gasteiger partial charge in [0.25, 0.3) is 0 Å². The molecule has 34 heteroatoms. The van der Waals surface area contributed by atoms with Gasteiger partial charge in [-0.25, -0.2) is 25.3 Å². The second kappa shape index (κ2) is 31.9. The predicted molar refractivity (Wildman–Crippen MR) is 293 cm³/mol. The number of aliphatic hydroxyl groups excluding tert-OH is 6. The largest absolute Gasteiger partial charge is 1.00 e. The first-order valence-electron chi connectivity index (χ1n) is 24.1. The number of aliphatic hydroxyl groups is 6. The van der Waals surface area contributed by atoms with Gasteiger partial charge >= 0.3 is 59.1 Å². The van der Waals surface area contributed by atoms with Crippen LogP contribution in [0, 0.1) is 0 Å². The molecule has 6 rings (SSSR count). The summed E-state index contributed by atoms with van der Waals surface area (Å²) in [6, 6.07) is 19.5. The van der Waals surface area contributed by atoms with E-state index in [0.717, 1.165) is 6.07 Å². The van der Waals surface area contributed by atoms with Crippen molar-refractivity contribution in [2.75, 3.05) is 82.0 Å². The summed E-state index contributed by atoms with van der Waals surface area (Å²) in [4.78, 5) is 29.2. The first kappa shape index (κ1) is 69.7. The van der Waals surface area contributed by atoms with Crippen molar-refractivity contribution >= 4 is 112 Å². The first-order valence-corrected chi connectivity index (χ1v) is 29.5. The molecule has 4 aromatic carbocycles. The molecule has 0 radical (unpaired) electrons. The topological polar surface area (TPSA) is 420 Å². The van der Waals surface area contributed by atoms with E-state index >= 15 is 0 Å². The fourth-order valence-corrected chi connectivity index (χ4v) is 10.7. The van der Waals surface area contributed by atoms with Gasteiger partial charge in [0.2, 0.25) is 35.7 Å². The summed E-state index contributed by atoms with van der Waals surface area (Å²) >= 11 is 0.477. The zero-order valence-corrected chi connectivity index (χ0v) is 52.4. The van der Waals surface area contributed by atoms with Gasteiger partial charge in [-0.15, -0.1) is 0 Å². The van der Waals surface area contributed by atoms with Gasteiger partial charge in [-0.2, -0.15) is 34.2 Å². The molecule has 0 amide bonds. The van der Waals surface area contributed by atoms with Gasteiger partial charge < -0.3 is 71.5 Å². The Morgan fingerprint density at radius 2 is 0.878 bits per heavy atom. The molecule has 28 nitrogen and oxygen atoms in total. The molecule has 4 atom stereocenters. The summed E-state index contributed by atoms with van der Waals surface area (Å²) in [6.45, 7) is 4.85. The maximum Gasteiger partial charge on any atom is 1.00 e. The first-order chi connectivity index (χ1) is 37.8. The van der Waals surface area contributed by atoms with Crippen LogP contribution in [0.3, 0.4) is 0 Å². The number of nitrogens with zero attached hydrogens (tertiary/aromatic N) is 8. The van der Waals surface area contributed by atoms with Gasteiger partial charge in [0, 0.05) is 53.8 Å². The van der Waals surface area contributed by atoms with Crippen molar-refractivity contribution in [2.45, 2.75) is 71.7 Å². The molecular formula is C48H58N12Na2O16S4. The molecule has 0 fully saturated rings. The number of sulfone groups is 2. The molecule has 6 aromatic rings. The molecule has 2 aromatic heterocycles. The Morgan fingerprint density at radius 3 is 1.23 bits per heavy atom. The maximum absolute atomic E-state index is 12.9.